The summed E-state index contributed by atoms with van der Waals surface area (Å²) < 4.78 is 0. The van der Waals surface area contributed by atoms with Crippen molar-refractivity contribution in [1.82, 2.24) is 40.4 Å². The molecule has 0 spiro atoms. The topological polar surface area (TPSA) is 180 Å². The van der Waals surface area contributed by atoms with Gasteiger partial charge in [0.25, 0.3) is 11.1 Å². The van der Waals surface area contributed by atoms with Crippen LogP contribution in [0.5, 0.6) is 0 Å². The largest absolute Gasteiger partial charge is 0.338 e. The molecular weight excluding hydrogens is 516 g/mol. The molecule has 0 saturated heterocycles. The average molecular weight is 561 g/mol. The van der Waals surface area contributed by atoms with Crippen LogP contribution in [0.25, 0.3) is 0 Å². The van der Waals surface area contributed by atoms with Crippen LogP contribution < -0.4 is 32.4 Å². The number of rotatable bonds is 17. The van der Waals surface area contributed by atoms with Crippen LogP contribution in [-0.2, 0) is 0 Å². The second kappa shape index (κ2) is 17.7. The second-order valence-electron chi connectivity index (χ2n) is 10.00. The van der Waals surface area contributed by atoms with Gasteiger partial charge in [0.15, 0.2) is 0 Å². The van der Waals surface area contributed by atoms with Crippen molar-refractivity contribution in [3.05, 3.63) is 44.2 Å². The van der Waals surface area contributed by atoms with Crippen LogP contribution in [0.15, 0.2) is 21.7 Å². The number of aromatic amines is 2. The minimum absolute atomic E-state index is 0.111. The fraction of sp³-hybridized carbons (Fsp3) is 0.615. The molecule has 14 heteroatoms. The Kier molecular flexibility index (Phi) is 14.4. The van der Waals surface area contributed by atoms with Gasteiger partial charge in [-0.05, 0) is 79.8 Å². The zero-order valence-electron chi connectivity index (χ0n) is 24.1. The van der Waals surface area contributed by atoms with Gasteiger partial charge in [-0.15, -0.1) is 0 Å². The van der Waals surface area contributed by atoms with Gasteiger partial charge in [-0.3, -0.25) is 30.2 Å². The molecule has 0 saturated carbocycles. The molecule has 6 N–H and O–H groups in total. The number of carbonyl (C=O) groups is 2. The molecule has 0 aliphatic carbocycles. The molecule has 40 heavy (non-hydrogen) atoms. The van der Waals surface area contributed by atoms with Crippen LogP contribution in [0, 0.1) is 13.8 Å². The third kappa shape index (κ3) is 14.4. The zero-order valence-corrected chi connectivity index (χ0v) is 24.1. The van der Waals surface area contributed by atoms with Crippen LogP contribution in [0.3, 0.4) is 0 Å². The number of hydrogen-bond acceptors (Lipinski definition) is 8. The molecule has 0 aliphatic heterocycles. The molecule has 4 amide bonds. The van der Waals surface area contributed by atoms with Gasteiger partial charge < -0.3 is 20.4 Å². The van der Waals surface area contributed by atoms with Gasteiger partial charge in [0.2, 0.25) is 11.9 Å². The fourth-order valence-electron chi connectivity index (χ4n) is 4.04. The van der Waals surface area contributed by atoms with Crippen molar-refractivity contribution in [3.63, 3.8) is 0 Å². The molecule has 0 fully saturated rings. The Labute approximate surface area is 234 Å². The summed E-state index contributed by atoms with van der Waals surface area (Å²) in [6, 6.07) is 1.85. The van der Waals surface area contributed by atoms with Crippen molar-refractivity contribution in [2.45, 2.75) is 52.4 Å². The molecule has 2 aromatic rings. The molecule has 2 rings (SSSR count). The highest BCUT2D eigenvalue weighted by Crippen LogP contribution is 2.04. The van der Waals surface area contributed by atoms with E-state index >= 15 is 0 Å². The monoisotopic (exact) mass is 560 g/mol. The number of H-pyrrole nitrogens is 2. The Hall–Kier alpha value is -3.78. The zero-order chi connectivity index (χ0) is 29.3. The first-order chi connectivity index (χ1) is 19.1. The maximum atomic E-state index is 12.2. The lowest BCUT2D eigenvalue weighted by molar-refractivity contribution is 0.243. The van der Waals surface area contributed by atoms with Crippen molar-refractivity contribution in [2.24, 2.45) is 0 Å². The van der Waals surface area contributed by atoms with Gasteiger partial charge in [-0.2, -0.15) is 0 Å². The SMILES string of the molecule is Cc1cc(=O)[nH]c(NC(=O)NCCCN(CCCCCCN(C)C)CCCNC(=O)Nc2nc(C)cc(=O)[nH]2)n1. The normalized spacial score (nSPS) is 11.1. The molecule has 14 nitrogen and oxygen atoms in total. The second-order valence-corrected chi connectivity index (χ2v) is 10.00. The summed E-state index contributed by atoms with van der Waals surface area (Å²) in [5.74, 6) is 0.221. The van der Waals surface area contributed by atoms with Crippen molar-refractivity contribution >= 4 is 24.0 Å². The average Bonchev–Trinajstić information content (AvgIpc) is 2.84. The number of carbonyl (C=O) groups excluding carboxylic acids is 2. The van der Waals surface area contributed by atoms with Crippen molar-refractivity contribution in [1.29, 1.82) is 0 Å². The minimum Gasteiger partial charge on any atom is -0.338 e. The summed E-state index contributed by atoms with van der Waals surface area (Å²) in [5.41, 5.74) is 0.387. The Morgan fingerprint density at radius 2 is 1.12 bits per heavy atom. The number of anilines is 2. The number of nitrogens with one attached hydrogen (secondary N) is 6. The van der Waals surface area contributed by atoms with Gasteiger partial charge in [0, 0.05) is 36.6 Å². The molecule has 0 radical (unpaired) electrons. The van der Waals surface area contributed by atoms with Crippen molar-refractivity contribution in [3.8, 4) is 0 Å². The Morgan fingerprint density at radius 1 is 0.700 bits per heavy atom. The van der Waals surface area contributed by atoms with E-state index in [0.29, 0.717) is 24.5 Å². The molecule has 0 atom stereocenters. The Bertz CT molecular complexity index is 1100. The number of unbranched alkanes of at least 4 members (excludes halogenated alkanes) is 3. The number of hydrogen-bond donors (Lipinski definition) is 6. The highest BCUT2D eigenvalue weighted by atomic mass is 16.2. The molecule has 2 aromatic heterocycles. The van der Waals surface area contributed by atoms with Crippen molar-refractivity contribution in [2.75, 3.05) is 64.0 Å². The maximum absolute atomic E-state index is 12.2. The van der Waals surface area contributed by atoms with Gasteiger partial charge in [-0.1, -0.05) is 12.8 Å². The lowest BCUT2D eigenvalue weighted by atomic mass is 10.1. The summed E-state index contributed by atoms with van der Waals surface area (Å²) >= 11 is 0. The lowest BCUT2D eigenvalue weighted by Crippen LogP contribution is -2.36. The fourth-order valence-corrected chi connectivity index (χ4v) is 4.04. The Balaban J connectivity index is 1.73. The first-order valence-electron chi connectivity index (χ1n) is 13.7. The van der Waals surface area contributed by atoms with Gasteiger partial charge in [-0.25, -0.2) is 19.6 Å². The van der Waals surface area contributed by atoms with Crippen LogP contribution in [0.2, 0.25) is 0 Å². The third-order valence-corrected chi connectivity index (χ3v) is 5.91. The standard InChI is InChI=1S/C26H44N10O4/c1-19-17-21(37)31-23(29-19)33-25(39)27-11-9-15-36(14-8-6-5-7-13-35(3)4)16-10-12-28-26(40)34-24-30-20(2)18-22(38)32-24/h17-18H,5-16H2,1-4H3,(H3,27,29,31,33,37,39)(H3,28,30,32,34,38,40). The minimum atomic E-state index is -0.430. The van der Waals surface area contributed by atoms with Crippen molar-refractivity contribution < 1.29 is 9.59 Å². The molecule has 0 aromatic carbocycles. The van der Waals surface area contributed by atoms with E-state index in [4.69, 9.17) is 0 Å². The van der Waals surface area contributed by atoms with Gasteiger partial charge in [0.1, 0.15) is 0 Å². The predicted molar refractivity (Wildman–Crippen MR) is 156 cm³/mol. The highest BCUT2D eigenvalue weighted by Gasteiger charge is 2.09. The molecule has 0 aliphatic rings. The predicted octanol–water partition coefficient (Wildman–Crippen LogP) is 1.62. The Morgan fingerprint density at radius 3 is 1.55 bits per heavy atom. The molecule has 0 bridgehead atoms. The number of urea groups is 2. The molecule has 222 valence electrons. The van der Waals surface area contributed by atoms with E-state index in [0.717, 1.165) is 51.9 Å². The van der Waals surface area contributed by atoms with Crippen LogP contribution in [0.4, 0.5) is 21.5 Å². The van der Waals surface area contributed by atoms with E-state index in [1.165, 1.54) is 25.0 Å². The van der Waals surface area contributed by atoms with Crippen LogP contribution >= 0.6 is 0 Å². The first kappa shape index (κ1) is 32.4. The third-order valence-electron chi connectivity index (χ3n) is 5.91. The quantitative estimate of drug-likeness (QED) is 0.158. The summed E-state index contributed by atoms with van der Waals surface area (Å²) in [5, 5.41) is 10.7. The summed E-state index contributed by atoms with van der Waals surface area (Å²) in [6.07, 6.45) is 6.06. The van der Waals surface area contributed by atoms with E-state index in [1.54, 1.807) is 13.8 Å². The summed E-state index contributed by atoms with van der Waals surface area (Å²) in [6.45, 7) is 7.89. The van der Waals surface area contributed by atoms with E-state index in [-0.39, 0.29) is 23.0 Å². The van der Waals surface area contributed by atoms with Crippen LogP contribution in [-0.4, -0.2) is 95.2 Å². The lowest BCUT2D eigenvalue weighted by Gasteiger charge is -2.22. The molecular formula is C26H44N10O4. The molecule has 2 heterocycles. The molecule has 0 unspecified atom stereocenters. The number of nitrogens with zero attached hydrogens (tertiary/aromatic N) is 4. The number of amides is 4. The summed E-state index contributed by atoms with van der Waals surface area (Å²) in [7, 11) is 4.16. The number of aromatic nitrogens is 4. The smallest absolute Gasteiger partial charge is 0.321 e. The van der Waals surface area contributed by atoms with E-state index < -0.39 is 12.1 Å². The van der Waals surface area contributed by atoms with Gasteiger partial charge >= 0.3 is 12.1 Å². The van der Waals surface area contributed by atoms with Crippen LogP contribution in [0.1, 0.15) is 49.9 Å². The van der Waals surface area contributed by atoms with Gasteiger partial charge in [0.05, 0.1) is 0 Å². The maximum Gasteiger partial charge on any atom is 0.321 e. The van der Waals surface area contributed by atoms with E-state index in [9.17, 15) is 19.2 Å². The van der Waals surface area contributed by atoms with E-state index in [2.05, 4.69) is 65.1 Å². The van der Waals surface area contributed by atoms with E-state index in [1.807, 2.05) is 0 Å². The number of aryl methyl sites for hydroxylation is 2. The summed E-state index contributed by atoms with van der Waals surface area (Å²) in [4.78, 5) is 65.1. The first-order valence-corrected chi connectivity index (χ1v) is 13.7. The highest BCUT2D eigenvalue weighted by molar-refractivity contribution is 5.87.